The lowest BCUT2D eigenvalue weighted by Crippen LogP contribution is -2.27. The number of ether oxygens (including phenoxy) is 4. The molecule has 2 atom stereocenters. The Bertz CT molecular complexity index is 1540. The summed E-state index contributed by atoms with van der Waals surface area (Å²) in [6, 6.07) is 31.7. The topological polar surface area (TPSA) is 54.0 Å². The maximum atomic E-state index is 12.1. The first-order valence-corrected chi connectivity index (χ1v) is 15.6. The second kappa shape index (κ2) is 15.5. The third-order valence-electron chi connectivity index (χ3n) is 8.12. The molecule has 0 bridgehead atoms. The fourth-order valence-electron chi connectivity index (χ4n) is 5.71. The number of hydrogen-bond acceptors (Lipinski definition) is 5. The Hall–Kier alpha value is -4.19. The molecule has 0 saturated heterocycles. The molecule has 0 aromatic heterocycles. The lowest BCUT2D eigenvalue weighted by molar-refractivity contribution is -0.154. The fraction of sp³-hybridized carbons (Fsp3) is 0.308. The van der Waals surface area contributed by atoms with Gasteiger partial charge in [-0.2, -0.15) is 0 Å². The summed E-state index contributed by atoms with van der Waals surface area (Å²) in [5, 5.41) is 0. The zero-order chi connectivity index (χ0) is 30.7. The first kappa shape index (κ1) is 31.2. The normalized spacial score (nSPS) is 14.3. The van der Waals surface area contributed by atoms with Crippen LogP contribution in [0.2, 0.25) is 0 Å². The maximum absolute atomic E-state index is 12.1. The van der Waals surface area contributed by atoms with Crippen LogP contribution in [-0.4, -0.2) is 39.0 Å². The first-order valence-electron chi connectivity index (χ1n) is 15.6. The summed E-state index contributed by atoms with van der Waals surface area (Å²) in [6.45, 7) is 5.16. The molecule has 4 aromatic rings. The van der Waals surface area contributed by atoms with E-state index in [2.05, 4.69) is 85.8 Å². The summed E-state index contributed by atoms with van der Waals surface area (Å²) in [5.74, 6) is 0.403. The van der Waals surface area contributed by atoms with Crippen LogP contribution in [0.25, 0.3) is 12.2 Å². The van der Waals surface area contributed by atoms with E-state index in [0.29, 0.717) is 26.2 Å². The molecule has 0 fully saturated rings. The zero-order valence-electron chi connectivity index (χ0n) is 26.0. The van der Waals surface area contributed by atoms with Crippen molar-refractivity contribution in [3.8, 4) is 5.75 Å². The van der Waals surface area contributed by atoms with Gasteiger partial charge < -0.3 is 18.9 Å². The van der Waals surface area contributed by atoms with Crippen molar-refractivity contribution in [2.75, 3.05) is 26.9 Å². The molecular weight excluding hydrogens is 548 g/mol. The Balaban J connectivity index is 1.27. The molecule has 1 aliphatic rings. The number of hydrogen-bond donors (Lipinski definition) is 0. The van der Waals surface area contributed by atoms with Gasteiger partial charge in [0.1, 0.15) is 18.5 Å². The molecule has 0 radical (unpaired) electrons. The van der Waals surface area contributed by atoms with Gasteiger partial charge in [0.2, 0.25) is 0 Å². The molecule has 0 N–H and O–H groups in total. The Morgan fingerprint density at radius 3 is 2.32 bits per heavy atom. The van der Waals surface area contributed by atoms with Gasteiger partial charge in [0.05, 0.1) is 13.2 Å². The van der Waals surface area contributed by atoms with E-state index in [1.165, 1.54) is 46.1 Å². The highest BCUT2D eigenvalue weighted by atomic mass is 16.6. The van der Waals surface area contributed by atoms with Gasteiger partial charge in [0.15, 0.2) is 6.10 Å². The second-order valence-electron chi connectivity index (χ2n) is 11.0. The van der Waals surface area contributed by atoms with Crippen molar-refractivity contribution in [1.82, 2.24) is 0 Å². The molecule has 4 aromatic carbocycles. The molecule has 5 rings (SSSR count). The molecule has 5 heteroatoms. The van der Waals surface area contributed by atoms with Gasteiger partial charge >= 0.3 is 5.97 Å². The van der Waals surface area contributed by atoms with Crippen molar-refractivity contribution in [2.45, 2.75) is 51.7 Å². The Morgan fingerprint density at radius 1 is 0.773 bits per heavy atom. The van der Waals surface area contributed by atoms with Gasteiger partial charge in [0.25, 0.3) is 0 Å². The van der Waals surface area contributed by atoms with Crippen LogP contribution in [0.3, 0.4) is 0 Å². The van der Waals surface area contributed by atoms with E-state index in [-0.39, 0.29) is 12.1 Å². The Kier molecular flexibility index (Phi) is 11.0. The van der Waals surface area contributed by atoms with Crippen LogP contribution in [-0.2, 0) is 44.7 Å². The molecule has 5 nitrogen and oxygen atoms in total. The minimum Gasteiger partial charge on any atom is -0.491 e. The van der Waals surface area contributed by atoms with Crippen LogP contribution < -0.4 is 4.74 Å². The molecule has 0 amide bonds. The number of rotatable bonds is 14. The van der Waals surface area contributed by atoms with Crippen LogP contribution in [0.1, 0.15) is 64.5 Å². The van der Waals surface area contributed by atoms with Crippen LogP contribution in [0.15, 0.2) is 91.0 Å². The van der Waals surface area contributed by atoms with E-state index < -0.39 is 6.10 Å². The number of esters is 1. The van der Waals surface area contributed by atoms with E-state index >= 15 is 0 Å². The third-order valence-corrected chi connectivity index (χ3v) is 8.12. The molecule has 0 spiro atoms. The molecular formula is C39H42O5. The standard InChI is InChI=1S/C39H42O5/c1-4-28-17-22-35-32(26-28)19-23-34-31(18-14-29-10-7-6-8-11-29)12-9-13-36(34)38(35)44-25-24-43-33-20-15-30(16-21-33)27-37(41-3)39(40)42-5-2/h6-13,15-17,19-23,26,37-38H,4-5,14,18,24-25,27H2,1-3H3. The fourth-order valence-corrected chi connectivity index (χ4v) is 5.71. The number of aryl methyl sites for hydroxylation is 3. The number of benzene rings is 4. The number of carbonyl (C=O) groups is 1. The van der Waals surface area contributed by atoms with Gasteiger partial charge in [-0.1, -0.05) is 97.9 Å². The smallest absolute Gasteiger partial charge is 0.335 e. The molecule has 228 valence electrons. The summed E-state index contributed by atoms with van der Waals surface area (Å²) in [6.07, 6.45) is 7.09. The molecule has 0 aliphatic heterocycles. The van der Waals surface area contributed by atoms with Gasteiger partial charge in [-0.05, 0) is 82.8 Å². The van der Waals surface area contributed by atoms with Gasteiger partial charge in [-0.3, -0.25) is 0 Å². The van der Waals surface area contributed by atoms with Crippen molar-refractivity contribution >= 4 is 18.1 Å². The van der Waals surface area contributed by atoms with Gasteiger partial charge in [0, 0.05) is 13.5 Å². The first-order chi connectivity index (χ1) is 21.6. The minimum atomic E-state index is -0.623. The maximum Gasteiger partial charge on any atom is 0.335 e. The van der Waals surface area contributed by atoms with E-state index in [9.17, 15) is 4.79 Å². The molecule has 0 heterocycles. The Labute approximate surface area is 261 Å². The van der Waals surface area contributed by atoms with E-state index in [1.807, 2.05) is 24.3 Å². The van der Waals surface area contributed by atoms with Crippen molar-refractivity contribution in [3.05, 3.63) is 136 Å². The predicted molar refractivity (Wildman–Crippen MR) is 176 cm³/mol. The predicted octanol–water partition coefficient (Wildman–Crippen LogP) is 7.82. The van der Waals surface area contributed by atoms with E-state index in [0.717, 1.165) is 30.6 Å². The highest BCUT2D eigenvalue weighted by molar-refractivity contribution is 5.78. The van der Waals surface area contributed by atoms with Gasteiger partial charge in [-0.15, -0.1) is 0 Å². The third kappa shape index (κ3) is 7.85. The van der Waals surface area contributed by atoms with Crippen molar-refractivity contribution in [1.29, 1.82) is 0 Å². The van der Waals surface area contributed by atoms with E-state index in [1.54, 1.807) is 6.92 Å². The van der Waals surface area contributed by atoms with Crippen LogP contribution in [0, 0.1) is 0 Å². The van der Waals surface area contributed by atoms with Gasteiger partial charge in [-0.25, -0.2) is 4.79 Å². The number of fused-ring (bicyclic) bond motifs is 2. The van der Waals surface area contributed by atoms with Crippen LogP contribution >= 0.6 is 0 Å². The summed E-state index contributed by atoms with van der Waals surface area (Å²) < 4.78 is 23.1. The molecule has 2 unspecified atom stereocenters. The van der Waals surface area contributed by atoms with Crippen LogP contribution in [0.5, 0.6) is 5.75 Å². The number of carbonyl (C=O) groups excluding carboxylic acids is 1. The molecule has 0 saturated carbocycles. The highest BCUT2D eigenvalue weighted by Gasteiger charge is 2.24. The van der Waals surface area contributed by atoms with Crippen molar-refractivity contribution in [2.24, 2.45) is 0 Å². The zero-order valence-corrected chi connectivity index (χ0v) is 26.0. The quantitative estimate of drug-likeness (QED) is 0.111. The molecule has 1 aliphatic carbocycles. The monoisotopic (exact) mass is 590 g/mol. The second-order valence-corrected chi connectivity index (χ2v) is 11.0. The summed E-state index contributed by atoms with van der Waals surface area (Å²) >= 11 is 0. The lowest BCUT2D eigenvalue weighted by atomic mass is 9.91. The summed E-state index contributed by atoms with van der Waals surface area (Å²) in [4.78, 5) is 12.1. The summed E-state index contributed by atoms with van der Waals surface area (Å²) in [5.41, 5.74) is 9.77. The number of methoxy groups -OCH3 is 1. The van der Waals surface area contributed by atoms with Crippen LogP contribution in [0.4, 0.5) is 0 Å². The SMILES string of the molecule is CCOC(=O)C(Cc1ccc(OCCOC2c3ccc(CC)cc3C=Cc3c(CCc4ccccc4)cccc32)cc1)OC. The van der Waals surface area contributed by atoms with Crippen molar-refractivity contribution in [3.63, 3.8) is 0 Å². The van der Waals surface area contributed by atoms with Crippen molar-refractivity contribution < 1.29 is 23.7 Å². The largest absolute Gasteiger partial charge is 0.491 e. The van der Waals surface area contributed by atoms with E-state index in [4.69, 9.17) is 18.9 Å². The lowest BCUT2D eigenvalue weighted by Gasteiger charge is -2.23. The minimum absolute atomic E-state index is 0.197. The average molecular weight is 591 g/mol. The average Bonchev–Trinajstić information content (AvgIpc) is 3.22. The Morgan fingerprint density at radius 2 is 1.57 bits per heavy atom. The highest BCUT2D eigenvalue weighted by Crippen LogP contribution is 2.37. The molecule has 44 heavy (non-hydrogen) atoms. The summed E-state index contributed by atoms with van der Waals surface area (Å²) in [7, 11) is 1.52.